The molecule has 2 nitrogen and oxygen atoms in total. The van der Waals surface area contributed by atoms with Gasteiger partial charge in [0.05, 0.1) is 6.10 Å². The van der Waals surface area contributed by atoms with E-state index in [1.54, 1.807) is 0 Å². The summed E-state index contributed by atoms with van der Waals surface area (Å²) in [5.74, 6) is -0.0719. The van der Waals surface area contributed by atoms with E-state index in [2.05, 4.69) is 0 Å². The highest BCUT2D eigenvalue weighted by molar-refractivity contribution is 6.30. The highest BCUT2D eigenvalue weighted by Gasteiger charge is 2.23. The van der Waals surface area contributed by atoms with Crippen molar-refractivity contribution in [2.75, 3.05) is 20.6 Å². The molecule has 4 heteroatoms. The maximum atomic E-state index is 10.6. The van der Waals surface area contributed by atoms with Crippen LogP contribution in [0.3, 0.4) is 0 Å². The molecule has 0 radical (unpaired) electrons. The van der Waals surface area contributed by atoms with Gasteiger partial charge in [0.25, 0.3) is 0 Å². The van der Waals surface area contributed by atoms with Gasteiger partial charge < -0.3 is 10.0 Å². The highest BCUT2D eigenvalue weighted by Crippen LogP contribution is 2.30. The Kier molecular flexibility index (Phi) is 7.20. The van der Waals surface area contributed by atoms with Crippen LogP contribution < -0.4 is 0 Å². The molecule has 2 rings (SSSR count). The van der Waals surface area contributed by atoms with Gasteiger partial charge in [-0.1, -0.05) is 54.1 Å². The Morgan fingerprint density at radius 2 is 1.62 bits per heavy atom. The van der Waals surface area contributed by atoms with Crippen molar-refractivity contribution in [1.29, 1.82) is 0 Å². The first-order chi connectivity index (χ1) is 9.58. The summed E-state index contributed by atoms with van der Waals surface area (Å²) in [6, 6.07) is 17.8. The van der Waals surface area contributed by atoms with E-state index in [-0.39, 0.29) is 18.3 Å². The van der Waals surface area contributed by atoms with Crippen molar-refractivity contribution in [3.63, 3.8) is 0 Å². The molecule has 0 saturated carbocycles. The largest absolute Gasteiger partial charge is 0.391 e. The van der Waals surface area contributed by atoms with E-state index < -0.39 is 6.10 Å². The molecule has 0 aromatic heterocycles. The summed E-state index contributed by atoms with van der Waals surface area (Å²) >= 11 is 6.09. The number of nitrogens with zero attached hydrogens (tertiary/aromatic N) is 1. The van der Waals surface area contributed by atoms with Gasteiger partial charge in [0.15, 0.2) is 0 Å². The van der Waals surface area contributed by atoms with Crippen LogP contribution in [0.4, 0.5) is 0 Å². The SMILES string of the molecule is CN(C)CC(O)C(c1ccccc1)c1cccc(Cl)c1.Cl. The second kappa shape index (κ2) is 8.40. The van der Waals surface area contributed by atoms with Crippen LogP contribution in [0, 0.1) is 0 Å². The average molecular weight is 326 g/mol. The van der Waals surface area contributed by atoms with Gasteiger partial charge in [0.1, 0.15) is 0 Å². The Hall–Kier alpha value is -1.06. The number of likely N-dealkylation sites (N-methyl/N-ethyl adjacent to an activating group) is 1. The Morgan fingerprint density at radius 3 is 2.19 bits per heavy atom. The van der Waals surface area contributed by atoms with Crippen molar-refractivity contribution in [1.82, 2.24) is 4.90 Å². The van der Waals surface area contributed by atoms with Gasteiger partial charge in [-0.25, -0.2) is 0 Å². The molecule has 0 aliphatic rings. The third-order valence-corrected chi connectivity index (χ3v) is 3.54. The minimum absolute atomic E-state index is 0. The molecule has 114 valence electrons. The Labute approximate surface area is 137 Å². The van der Waals surface area contributed by atoms with E-state index in [4.69, 9.17) is 11.6 Å². The van der Waals surface area contributed by atoms with Crippen LogP contribution in [0.25, 0.3) is 0 Å². The number of aliphatic hydroxyl groups is 1. The predicted octanol–water partition coefficient (Wildman–Crippen LogP) is 3.82. The molecule has 2 aromatic rings. The van der Waals surface area contributed by atoms with Gasteiger partial charge in [-0.2, -0.15) is 0 Å². The molecular weight excluding hydrogens is 305 g/mol. The van der Waals surface area contributed by atoms with Crippen molar-refractivity contribution < 1.29 is 5.11 Å². The van der Waals surface area contributed by atoms with E-state index in [1.165, 1.54) is 0 Å². The van der Waals surface area contributed by atoms with Crippen molar-refractivity contribution in [2.45, 2.75) is 12.0 Å². The summed E-state index contributed by atoms with van der Waals surface area (Å²) in [5, 5.41) is 11.3. The second-order valence-electron chi connectivity index (χ2n) is 5.27. The molecular formula is C17H21Cl2NO. The maximum absolute atomic E-state index is 10.6. The highest BCUT2D eigenvalue weighted by atomic mass is 35.5. The number of rotatable bonds is 5. The fourth-order valence-corrected chi connectivity index (χ4v) is 2.68. The second-order valence-corrected chi connectivity index (χ2v) is 5.71. The molecule has 0 heterocycles. The lowest BCUT2D eigenvalue weighted by molar-refractivity contribution is 0.121. The lowest BCUT2D eigenvalue weighted by Crippen LogP contribution is -2.31. The molecule has 0 amide bonds. The van der Waals surface area contributed by atoms with Crippen molar-refractivity contribution >= 4 is 24.0 Å². The molecule has 21 heavy (non-hydrogen) atoms. The summed E-state index contributed by atoms with van der Waals surface area (Å²) in [6.07, 6.45) is -0.481. The van der Waals surface area contributed by atoms with Gasteiger partial charge in [-0.3, -0.25) is 0 Å². The molecule has 0 aliphatic carbocycles. The third-order valence-electron chi connectivity index (χ3n) is 3.30. The number of hydrogen-bond donors (Lipinski definition) is 1. The van der Waals surface area contributed by atoms with Crippen molar-refractivity contribution in [3.8, 4) is 0 Å². The smallest absolute Gasteiger partial charge is 0.0775 e. The molecule has 0 bridgehead atoms. The van der Waals surface area contributed by atoms with E-state index in [0.717, 1.165) is 11.1 Å². The van der Waals surface area contributed by atoms with E-state index in [9.17, 15) is 5.11 Å². The maximum Gasteiger partial charge on any atom is 0.0775 e. The minimum atomic E-state index is -0.481. The zero-order valence-electron chi connectivity index (χ0n) is 12.2. The van der Waals surface area contributed by atoms with Gasteiger partial charge in [0, 0.05) is 17.5 Å². The zero-order chi connectivity index (χ0) is 14.5. The van der Waals surface area contributed by atoms with E-state index in [0.29, 0.717) is 11.6 Å². The number of benzene rings is 2. The summed E-state index contributed by atoms with van der Waals surface area (Å²) in [5.41, 5.74) is 2.14. The Bertz CT molecular complexity index is 545. The fourth-order valence-electron chi connectivity index (χ4n) is 2.48. The molecule has 0 spiro atoms. The van der Waals surface area contributed by atoms with Crippen LogP contribution in [0.2, 0.25) is 5.02 Å². The standard InChI is InChI=1S/C17H20ClNO.ClH/c1-19(2)12-16(20)17(13-7-4-3-5-8-13)14-9-6-10-15(18)11-14;/h3-11,16-17,20H,12H2,1-2H3;1H. The summed E-state index contributed by atoms with van der Waals surface area (Å²) in [4.78, 5) is 1.99. The van der Waals surface area contributed by atoms with E-state index in [1.807, 2.05) is 73.6 Å². The molecule has 2 unspecified atom stereocenters. The summed E-state index contributed by atoms with van der Waals surface area (Å²) in [7, 11) is 3.92. The van der Waals surface area contributed by atoms with Gasteiger partial charge in [-0.15, -0.1) is 12.4 Å². The zero-order valence-corrected chi connectivity index (χ0v) is 13.8. The molecule has 1 N–H and O–H groups in total. The minimum Gasteiger partial charge on any atom is -0.391 e. The number of aliphatic hydroxyl groups excluding tert-OH is 1. The molecule has 0 saturated heterocycles. The van der Waals surface area contributed by atoms with Gasteiger partial charge >= 0.3 is 0 Å². The molecule has 2 atom stereocenters. The first kappa shape index (κ1) is 18.0. The molecule has 0 aliphatic heterocycles. The number of hydrogen-bond acceptors (Lipinski definition) is 2. The van der Waals surface area contributed by atoms with E-state index >= 15 is 0 Å². The first-order valence-corrected chi connectivity index (χ1v) is 7.09. The van der Waals surface area contributed by atoms with Crippen LogP contribution in [0.5, 0.6) is 0 Å². The van der Waals surface area contributed by atoms with Crippen LogP contribution in [0.1, 0.15) is 17.0 Å². The lowest BCUT2D eigenvalue weighted by Gasteiger charge is -2.26. The van der Waals surface area contributed by atoms with Crippen LogP contribution in [-0.2, 0) is 0 Å². The summed E-state index contributed by atoms with van der Waals surface area (Å²) < 4.78 is 0. The molecule has 0 fully saturated rings. The first-order valence-electron chi connectivity index (χ1n) is 6.71. The quantitative estimate of drug-likeness (QED) is 0.903. The van der Waals surface area contributed by atoms with Crippen LogP contribution in [-0.4, -0.2) is 36.8 Å². The summed E-state index contributed by atoms with van der Waals surface area (Å²) in [6.45, 7) is 0.603. The molecule has 2 aromatic carbocycles. The topological polar surface area (TPSA) is 23.5 Å². The Morgan fingerprint density at radius 1 is 1.00 bits per heavy atom. The predicted molar refractivity (Wildman–Crippen MR) is 91.5 cm³/mol. The monoisotopic (exact) mass is 325 g/mol. The van der Waals surface area contributed by atoms with Gasteiger partial charge in [-0.05, 0) is 37.4 Å². The normalized spacial score (nSPS) is 13.6. The fraction of sp³-hybridized carbons (Fsp3) is 0.294. The van der Waals surface area contributed by atoms with Gasteiger partial charge in [0.2, 0.25) is 0 Å². The average Bonchev–Trinajstić information content (AvgIpc) is 2.39. The van der Waals surface area contributed by atoms with Crippen LogP contribution in [0.15, 0.2) is 54.6 Å². The third kappa shape index (κ3) is 5.01. The van der Waals surface area contributed by atoms with Crippen molar-refractivity contribution in [3.05, 3.63) is 70.7 Å². The lowest BCUT2D eigenvalue weighted by atomic mass is 9.86. The number of halogens is 2. The Balaban J connectivity index is 0.00000220. The van der Waals surface area contributed by atoms with Crippen molar-refractivity contribution in [2.24, 2.45) is 0 Å². The van der Waals surface area contributed by atoms with Crippen LogP contribution >= 0.6 is 24.0 Å².